The van der Waals surface area contributed by atoms with Crippen LogP contribution in [-0.4, -0.2) is 62.6 Å². The van der Waals surface area contributed by atoms with E-state index in [1.54, 1.807) is 0 Å². The number of carboxylic acid groups (broad SMARTS) is 2. The molecule has 0 heterocycles. The molecule has 0 aliphatic carbocycles. The molecular formula is C12H22O8. The Morgan fingerprint density at radius 2 is 1.35 bits per heavy atom. The summed E-state index contributed by atoms with van der Waals surface area (Å²) >= 11 is 0. The molecular weight excluding hydrogens is 272 g/mol. The highest BCUT2D eigenvalue weighted by molar-refractivity contribution is 6.34. The molecule has 1 unspecified atom stereocenters. The second-order valence-electron chi connectivity index (χ2n) is 5.56. The third kappa shape index (κ3) is 6.60. The third-order valence-corrected chi connectivity index (χ3v) is 2.59. The number of hydrogen-bond donors (Lipinski definition) is 5. The van der Waals surface area contributed by atoms with Gasteiger partial charge in [0.1, 0.15) is 0 Å². The maximum absolute atomic E-state index is 10.6. The number of carbonyl (C=O) groups excluding carboxylic acids is 1. The molecule has 118 valence electrons. The molecule has 5 N–H and O–H groups in total. The summed E-state index contributed by atoms with van der Waals surface area (Å²) in [4.78, 5) is 30.8. The number of aliphatic hydroxyl groups excluding tert-OH is 3. The van der Waals surface area contributed by atoms with Gasteiger partial charge < -0.3 is 25.5 Å². The minimum atomic E-state index is -1.50. The van der Waals surface area contributed by atoms with Crippen LogP contribution in [0.15, 0.2) is 0 Å². The topological polar surface area (TPSA) is 152 Å². The predicted molar refractivity (Wildman–Crippen MR) is 68.0 cm³/mol. The van der Waals surface area contributed by atoms with Crippen LogP contribution in [0.4, 0.5) is 0 Å². The van der Waals surface area contributed by atoms with Crippen molar-refractivity contribution in [2.75, 3.05) is 13.2 Å². The molecule has 8 heteroatoms. The van der Waals surface area contributed by atoms with Gasteiger partial charge in [-0.1, -0.05) is 27.7 Å². The normalized spacial score (nSPS) is 12.9. The lowest BCUT2D eigenvalue weighted by Crippen LogP contribution is -2.38. The van der Waals surface area contributed by atoms with Crippen LogP contribution < -0.4 is 0 Å². The van der Waals surface area contributed by atoms with Gasteiger partial charge in [0, 0.05) is 5.41 Å². The Morgan fingerprint density at radius 1 is 0.950 bits per heavy atom. The van der Waals surface area contributed by atoms with Crippen LogP contribution in [-0.2, 0) is 14.4 Å². The van der Waals surface area contributed by atoms with E-state index in [9.17, 15) is 14.4 Å². The highest BCUT2D eigenvalue weighted by Gasteiger charge is 2.32. The molecule has 20 heavy (non-hydrogen) atoms. The minimum Gasteiger partial charge on any atom is -0.479 e. The van der Waals surface area contributed by atoms with Crippen molar-refractivity contribution >= 4 is 17.7 Å². The summed E-state index contributed by atoms with van der Waals surface area (Å²) in [5.74, 6) is -3.77. The van der Waals surface area contributed by atoms with Gasteiger partial charge in [0.25, 0.3) is 0 Å². The van der Waals surface area contributed by atoms with Gasteiger partial charge in [-0.3, -0.25) is 4.79 Å². The second kappa shape index (κ2) is 7.93. The SMILES string of the molecule is CC(C)(CO)C(=O)C(=O)O.CC(C)(CO)C(O)C(=O)O. The van der Waals surface area contributed by atoms with Gasteiger partial charge in [0.05, 0.1) is 18.6 Å². The first-order chi connectivity index (χ1) is 8.83. The van der Waals surface area contributed by atoms with Crippen LogP contribution in [0.2, 0.25) is 0 Å². The van der Waals surface area contributed by atoms with Crippen molar-refractivity contribution in [3.8, 4) is 0 Å². The number of Topliss-reactive ketones (excluding diaryl/α,β-unsaturated/α-hetero) is 1. The summed E-state index contributed by atoms with van der Waals surface area (Å²) in [6, 6.07) is 0. The van der Waals surface area contributed by atoms with Crippen molar-refractivity contribution in [3.63, 3.8) is 0 Å². The van der Waals surface area contributed by atoms with E-state index in [1.807, 2.05) is 0 Å². The Balaban J connectivity index is 0. The Kier molecular flexibility index (Phi) is 8.25. The first kappa shape index (κ1) is 20.8. The molecule has 0 aromatic carbocycles. The van der Waals surface area contributed by atoms with E-state index >= 15 is 0 Å². The van der Waals surface area contributed by atoms with Crippen molar-refractivity contribution in [2.45, 2.75) is 33.8 Å². The summed E-state index contributed by atoms with van der Waals surface area (Å²) in [5.41, 5.74) is -2.13. The predicted octanol–water partition coefficient (Wildman–Crippen LogP) is -0.891. The lowest BCUT2D eigenvalue weighted by atomic mass is 9.88. The maximum Gasteiger partial charge on any atom is 0.372 e. The molecule has 0 spiro atoms. The van der Waals surface area contributed by atoms with Gasteiger partial charge in [-0.15, -0.1) is 0 Å². The summed E-state index contributed by atoms with van der Waals surface area (Å²) in [6.07, 6.45) is -1.50. The monoisotopic (exact) mass is 294 g/mol. The Bertz CT molecular complexity index is 358. The van der Waals surface area contributed by atoms with Crippen molar-refractivity contribution in [3.05, 3.63) is 0 Å². The van der Waals surface area contributed by atoms with Gasteiger partial charge in [-0.2, -0.15) is 0 Å². The fourth-order valence-corrected chi connectivity index (χ4v) is 0.782. The molecule has 0 radical (unpaired) electrons. The van der Waals surface area contributed by atoms with Crippen LogP contribution in [0, 0.1) is 10.8 Å². The fourth-order valence-electron chi connectivity index (χ4n) is 0.782. The zero-order chi connectivity index (χ0) is 16.7. The number of ketones is 1. The third-order valence-electron chi connectivity index (χ3n) is 2.59. The molecule has 1 atom stereocenters. The van der Waals surface area contributed by atoms with Crippen molar-refractivity contribution in [1.29, 1.82) is 0 Å². The Labute approximate surface area is 116 Å². The average Bonchev–Trinajstić information content (AvgIpc) is 2.37. The Hall–Kier alpha value is -1.51. The average molecular weight is 294 g/mol. The molecule has 8 nitrogen and oxygen atoms in total. The summed E-state index contributed by atoms with van der Waals surface area (Å²) in [5, 5.41) is 42.5. The van der Waals surface area contributed by atoms with Crippen LogP contribution in [0.25, 0.3) is 0 Å². The standard InChI is InChI=1S/C6H12O4.C6H10O4/c2*1-6(2,3-7)4(8)5(9)10/h4,7-8H,3H2,1-2H3,(H,9,10);7H,3H2,1-2H3,(H,9,10). The van der Waals surface area contributed by atoms with Crippen molar-refractivity contribution in [1.82, 2.24) is 0 Å². The molecule has 0 aromatic rings. The lowest BCUT2D eigenvalue weighted by Gasteiger charge is -2.24. The number of carboxylic acids is 2. The molecule has 0 fully saturated rings. The quantitative estimate of drug-likeness (QED) is 0.395. The van der Waals surface area contributed by atoms with E-state index in [0.29, 0.717) is 0 Å². The van der Waals surface area contributed by atoms with Crippen LogP contribution in [0.5, 0.6) is 0 Å². The first-order valence-corrected chi connectivity index (χ1v) is 5.73. The molecule has 0 amide bonds. The van der Waals surface area contributed by atoms with Gasteiger partial charge in [-0.25, -0.2) is 9.59 Å². The van der Waals surface area contributed by atoms with Gasteiger partial charge >= 0.3 is 11.9 Å². The molecule has 0 aliphatic rings. The van der Waals surface area contributed by atoms with E-state index in [1.165, 1.54) is 27.7 Å². The van der Waals surface area contributed by atoms with E-state index in [2.05, 4.69) is 0 Å². The number of hydrogen-bond acceptors (Lipinski definition) is 6. The number of aliphatic carboxylic acids is 2. The lowest BCUT2D eigenvalue weighted by molar-refractivity contribution is -0.154. The highest BCUT2D eigenvalue weighted by Crippen LogP contribution is 2.19. The summed E-state index contributed by atoms with van der Waals surface area (Å²) in [7, 11) is 0. The summed E-state index contributed by atoms with van der Waals surface area (Å²) < 4.78 is 0. The fraction of sp³-hybridized carbons (Fsp3) is 0.750. The molecule has 0 saturated heterocycles. The van der Waals surface area contributed by atoms with E-state index in [4.69, 9.17) is 25.5 Å². The molecule has 0 bridgehead atoms. The van der Waals surface area contributed by atoms with Gasteiger partial charge in [0.15, 0.2) is 6.10 Å². The van der Waals surface area contributed by atoms with Crippen molar-refractivity contribution < 1.29 is 39.9 Å². The molecule has 0 aromatic heterocycles. The number of rotatable bonds is 6. The highest BCUT2D eigenvalue weighted by atomic mass is 16.4. The van der Waals surface area contributed by atoms with Crippen LogP contribution in [0.1, 0.15) is 27.7 Å². The molecule has 0 saturated carbocycles. The summed E-state index contributed by atoms with van der Waals surface area (Å²) in [6.45, 7) is 4.92. The van der Waals surface area contributed by atoms with Gasteiger partial charge in [-0.05, 0) is 0 Å². The smallest absolute Gasteiger partial charge is 0.372 e. The zero-order valence-corrected chi connectivity index (χ0v) is 12.0. The van der Waals surface area contributed by atoms with Crippen LogP contribution in [0.3, 0.4) is 0 Å². The maximum atomic E-state index is 10.6. The van der Waals surface area contributed by atoms with Crippen LogP contribution >= 0.6 is 0 Å². The molecule has 0 rings (SSSR count). The number of carbonyl (C=O) groups is 3. The Morgan fingerprint density at radius 3 is 1.45 bits per heavy atom. The molecule has 0 aliphatic heterocycles. The van der Waals surface area contributed by atoms with Crippen molar-refractivity contribution in [2.24, 2.45) is 10.8 Å². The largest absolute Gasteiger partial charge is 0.479 e. The second-order valence-corrected chi connectivity index (χ2v) is 5.56. The van der Waals surface area contributed by atoms with E-state index < -0.39 is 41.3 Å². The van der Waals surface area contributed by atoms with E-state index in [-0.39, 0.29) is 6.61 Å². The minimum absolute atomic E-state index is 0.347. The van der Waals surface area contributed by atoms with Gasteiger partial charge in [0.2, 0.25) is 5.78 Å². The number of aliphatic hydroxyl groups is 3. The van der Waals surface area contributed by atoms with E-state index in [0.717, 1.165) is 0 Å². The first-order valence-electron chi connectivity index (χ1n) is 5.73. The zero-order valence-electron chi connectivity index (χ0n) is 12.0.